The molecule has 1 saturated carbocycles. The molecule has 3 aromatic carbocycles. The van der Waals surface area contributed by atoms with Gasteiger partial charge in [0.25, 0.3) is 0 Å². The van der Waals surface area contributed by atoms with Crippen LogP contribution in [0.15, 0.2) is 78.9 Å². The van der Waals surface area contributed by atoms with Gasteiger partial charge in [0, 0.05) is 22.6 Å². The Morgan fingerprint density at radius 2 is 1.77 bits per heavy atom. The molecule has 6 heteroatoms. The highest BCUT2D eigenvalue weighted by Crippen LogP contribution is 2.53. The van der Waals surface area contributed by atoms with E-state index in [2.05, 4.69) is 17.4 Å². The summed E-state index contributed by atoms with van der Waals surface area (Å²) in [5, 5.41) is 15.4. The molecule has 35 heavy (non-hydrogen) atoms. The van der Waals surface area contributed by atoms with E-state index in [9.17, 15) is 14.9 Å². The quantitative estimate of drug-likeness (QED) is 0.265. The summed E-state index contributed by atoms with van der Waals surface area (Å²) >= 11 is 0. The molecule has 180 valence electrons. The van der Waals surface area contributed by atoms with E-state index in [0.29, 0.717) is 12.2 Å². The van der Waals surface area contributed by atoms with Crippen molar-refractivity contribution < 1.29 is 14.5 Å². The van der Waals surface area contributed by atoms with Gasteiger partial charge in [0.1, 0.15) is 0 Å². The lowest BCUT2D eigenvalue weighted by Gasteiger charge is -2.41. The summed E-state index contributed by atoms with van der Waals surface area (Å²) in [7, 11) is 0. The van der Waals surface area contributed by atoms with E-state index < -0.39 is 0 Å². The van der Waals surface area contributed by atoms with Gasteiger partial charge in [-0.3, -0.25) is 10.1 Å². The van der Waals surface area contributed by atoms with E-state index in [1.807, 2.05) is 73.7 Å². The summed E-state index contributed by atoms with van der Waals surface area (Å²) in [6.07, 6.45) is 1.88. The Hall–Kier alpha value is -3.67. The highest BCUT2D eigenvalue weighted by atomic mass is 16.6. The number of anilines is 1. The Morgan fingerprint density at radius 3 is 2.46 bits per heavy atom. The largest absolute Gasteiger partial charge is 0.462 e. The number of hydrogen-bond acceptors (Lipinski definition) is 5. The summed E-state index contributed by atoms with van der Waals surface area (Å²) in [6, 6.07) is 26.1. The Morgan fingerprint density at radius 1 is 1.06 bits per heavy atom. The van der Waals surface area contributed by atoms with Crippen LogP contribution in [0.1, 0.15) is 58.6 Å². The Labute approximate surface area is 205 Å². The van der Waals surface area contributed by atoms with Crippen LogP contribution in [0.5, 0.6) is 0 Å². The van der Waals surface area contributed by atoms with Crippen LogP contribution in [0.3, 0.4) is 0 Å². The van der Waals surface area contributed by atoms with Crippen LogP contribution >= 0.6 is 0 Å². The molecular weight excluding hydrogens is 440 g/mol. The number of nitro groups is 1. The number of nitrogens with zero attached hydrogens (tertiary/aromatic N) is 1. The van der Waals surface area contributed by atoms with Crippen LogP contribution in [-0.2, 0) is 4.74 Å². The van der Waals surface area contributed by atoms with Gasteiger partial charge >= 0.3 is 5.97 Å². The van der Waals surface area contributed by atoms with Gasteiger partial charge < -0.3 is 10.1 Å². The lowest BCUT2D eigenvalue weighted by Crippen LogP contribution is -2.41. The minimum atomic E-state index is -0.316. The predicted octanol–water partition coefficient (Wildman–Crippen LogP) is 5.88. The SMILES string of the molecule is CCOC(=O)c1ccc2c(c1)[C@@H](c1ccccc1)[C@@H]1CC[C@H]([C@H](C[N+](=O)[O-])c3ccccc3)[C@H]1N2. The molecule has 1 aliphatic carbocycles. The van der Waals surface area contributed by atoms with Gasteiger partial charge in [-0.1, -0.05) is 60.7 Å². The predicted molar refractivity (Wildman–Crippen MR) is 135 cm³/mol. The molecule has 6 nitrogen and oxygen atoms in total. The number of fused-ring (bicyclic) bond motifs is 2. The van der Waals surface area contributed by atoms with Crippen molar-refractivity contribution in [2.24, 2.45) is 11.8 Å². The van der Waals surface area contributed by atoms with Crippen LogP contribution in [0.4, 0.5) is 5.69 Å². The number of rotatable bonds is 7. The molecule has 0 radical (unpaired) electrons. The molecule has 0 amide bonds. The van der Waals surface area contributed by atoms with Crippen LogP contribution in [0.2, 0.25) is 0 Å². The van der Waals surface area contributed by atoms with E-state index in [0.717, 1.165) is 29.7 Å². The second-order valence-corrected chi connectivity index (χ2v) is 9.52. The van der Waals surface area contributed by atoms with Gasteiger partial charge in [-0.05, 0) is 66.5 Å². The van der Waals surface area contributed by atoms with E-state index >= 15 is 0 Å². The van der Waals surface area contributed by atoms with E-state index in [1.54, 1.807) is 0 Å². The maximum absolute atomic E-state index is 12.5. The maximum Gasteiger partial charge on any atom is 0.338 e. The minimum absolute atomic E-state index is 0.0791. The fraction of sp³-hybridized carbons (Fsp3) is 0.345. The fourth-order valence-corrected chi connectivity index (χ4v) is 6.24. The number of nitrogens with one attached hydrogen (secondary N) is 1. The summed E-state index contributed by atoms with van der Waals surface area (Å²) in [6.45, 7) is 2.06. The van der Waals surface area contributed by atoms with Crippen molar-refractivity contribution in [2.75, 3.05) is 18.5 Å². The highest BCUT2D eigenvalue weighted by Gasteiger charge is 2.48. The molecule has 3 aromatic rings. The summed E-state index contributed by atoms with van der Waals surface area (Å²) < 4.78 is 5.26. The van der Waals surface area contributed by atoms with E-state index in [4.69, 9.17) is 4.74 Å². The molecule has 0 bridgehead atoms. The minimum Gasteiger partial charge on any atom is -0.462 e. The molecule has 2 aliphatic rings. The first-order chi connectivity index (χ1) is 17.1. The molecule has 0 unspecified atom stereocenters. The van der Waals surface area contributed by atoms with Crippen molar-refractivity contribution in [2.45, 2.75) is 37.6 Å². The molecule has 5 rings (SSSR count). The Balaban J connectivity index is 1.56. The molecule has 0 aromatic heterocycles. The zero-order valence-electron chi connectivity index (χ0n) is 19.8. The van der Waals surface area contributed by atoms with Crippen LogP contribution < -0.4 is 5.32 Å². The number of hydrogen-bond donors (Lipinski definition) is 1. The van der Waals surface area contributed by atoms with Crippen LogP contribution in [-0.4, -0.2) is 30.1 Å². The molecular formula is C29H30N2O4. The zero-order chi connectivity index (χ0) is 24.4. The molecule has 0 saturated heterocycles. The molecule has 1 fully saturated rings. The highest BCUT2D eigenvalue weighted by molar-refractivity contribution is 5.90. The third-order valence-corrected chi connectivity index (χ3v) is 7.65. The van der Waals surface area contributed by atoms with Crippen LogP contribution in [0.25, 0.3) is 0 Å². The first-order valence-corrected chi connectivity index (χ1v) is 12.4. The number of carbonyl (C=O) groups excluding carboxylic acids is 1. The van der Waals surface area contributed by atoms with E-state index in [-0.39, 0.29) is 47.2 Å². The topological polar surface area (TPSA) is 81.5 Å². The molecule has 1 heterocycles. The lowest BCUT2D eigenvalue weighted by atomic mass is 9.71. The van der Waals surface area contributed by atoms with Crippen molar-refractivity contribution in [1.29, 1.82) is 0 Å². The molecule has 1 aliphatic heterocycles. The average molecular weight is 471 g/mol. The van der Waals surface area contributed by atoms with Gasteiger partial charge in [0.05, 0.1) is 18.1 Å². The number of benzene rings is 3. The third kappa shape index (κ3) is 4.53. The van der Waals surface area contributed by atoms with Crippen molar-refractivity contribution in [3.63, 3.8) is 0 Å². The van der Waals surface area contributed by atoms with Crippen molar-refractivity contribution in [3.05, 3.63) is 111 Å². The standard InChI is InChI=1S/C29H30N2O4/c1-2-35-29(32)21-13-16-26-24(17-21)27(20-11-7-4-8-12-20)23-15-14-22(28(23)30-26)25(18-31(33)34)19-9-5-3-6-10-19/h3-13,16-17,22-23,25,27-28,30H,2,14-15,18H2,1H3/t22-,23+,25-,27+,28-/m1/s1. The Bertz CT molecular complexity index is 1200. The monoisotopic (exact) mass is 470 g/mol. The molecule has 1 N–H and O–H groups in total. The molecule has 0 spiro atoms. The Kier molecular flexibility index (Phi) is 6.53. The lowest BCUT2D eigenvalue weighted by molar-refractivity contribution is -0.485. The molecule has 5 atom stereocenters. The average Bonchev–Trinajstić information content (AvgIpc) is 3.29. The van der Waals surface area contributed by atoms with Gasteiger partial charge in [-0.15, -0.1) is 0 Å². The van der Waals surface area contributed by atoms with Crippen LogP contribution in [0, 0.1) is 22.0 Å². The van der Waals surface area contributed by atoms with Crippen molar-refractivity contribution in [3.8, 4) is 0 Å². The van der Waals surface area contributed by atoms with Gasteiger partial charge in [0.2, 0.25) is 6.54 Å². The second-order valence-electron chi connectivity index (χ2n) is 9.52. The summed E-state index contributed by atoms with van der Waals surface area (Å²) in [5.74, 6) is 0.0280. The zero-order valence-corrected chi connectivity index (χ0v) is 19.8. The summed E-state index contributed by atoms with van der Waals surface area (Å²) in [5.41, 5.74) is 4.87. The maximum atomic E-state index is 12.5. The smallest absolute Gasteiger partial charge is 0.338 e. The third-order valence-electron chi connectivity index (χ3n) is 7.65. The summed E-state index contributed by atoms with van der Waals surface area (Å²) in [4.78, 5) is 24.0. The van der Waals surface area contributed by atoms with Gasteiger partial charge in [-0.2, -0.15) is 0 Å². The normalized spacial score (nSPS) is 23.5. The van der Waals surface area contributed by atoms with Gasteiger partial charge in [-0.25, -0.2) is 4.79 Å². The number of carbonyl (C=O) groups is 1. The number of ether oxygens (including phenoxy) is 1. The first kappa shape index (κ1) is 23.1. The van der Waals surface area contributed by atoms with Gasteiger partial charge in [0.15, 0.2) is 0 Å². The van der Waals surface area contributed by atoms with Crippen molar-refractivity contribution >= 4 is 11.7 Å². The van der Waals surface area contributed by atoms with Crippen molar-refractivity contribution in [1.82, 2.24) is 0 Å². The van der Waals surface area contributed by atoms with E-state index in [1.165, 1.54) is 5.56 Å². The first-order valence-electron chi connectivity index (χ1n) is 12.4. The number of esters is 1. The fourth-order valence-electron chi connectivity index (χ4n) is 6.24. The second kappa shape index (κ2) is 9.90.